The van der Waals surface area contributed by atoms with E-state index in [-0.39, 0.29) is 4.90 Å². The molecule has 0 bridgehead atoms. The zero-order valence-corrected chi connectivity index (χ0v) is 14.1. The fourth-order valence-electron chi connectivity index (χ4n) is 2.25. The van der Waals surface area contributed by atoms with Gasteiger partial charge in [-0.05, 0) is 49.5 Å². The van der Waals surface area contributed by atoms with Crippen molar-refractivity contribution in [3.05, 3.63) is 54.9 Å². The van der Waals surface area contributed by atoms with Crippen LogP contribution in [0.3, 0.4) is 0 Å². The number of nitrogens with zero attached hydrogens (tertiary/aromatic N) is 3. The van der Waals surface area contributed by atoms with Crippen molar-refractivity contribution in [3.8, 4) is 11.4 Å². The summed E-state index contributed by atoms with van der Waals surface area (Å²) >= 11 is 0. The molecular weight excluding hydrogens is 326 g/mol. The first kappa shape index (κ1) is 16.2. The lowest BCUT2D eigenvalue weighted by molar-refractivity contribution is 0.588. The third-order valence-electron chi connectivity index (χ3n) is 3.55. The summed E-state index contributed by atoms with van der Waals surface area (Å²) in [4.78, 5) is 8.89. The van der Waals surface area contributed by atoms with Crippen LogP contribution >= 0.6 is 0 Å². The molecule has 7 nitrogen and oxygen atoms in total. The molecule has 24 heavy (non-hydrogen) atoms. The Kier molecular flexibility index (Phi) is 4.32. The van der Waals surface area contributed by atoms with E-state index >= 15 is 0 Å². The van der Waals surface area contributed by atoms with Crippen LogP contribution in [0.25, 0.3) is 11.4 Å². The first-order valence-electron chi connectivity index (χ1n) is 7.25. The van der Waals surface area contributed by atoms with Gasteiger partial charge in [0.2, 0.25) is 16.0 Å². The minimum atomic E-state index is -3.44. The highest BCUT2D eigenvalue weighted by Crippen LogP contribution is 2.20. The Morgan fingerprint density at radius 2 is 1.83 bits per heavy atom. The van der Waals surface area contributed by atoms with Gasteiger partial charge in [0.1, 0.15) is 0 Å². The third-order valence-corrected chi connectivity index (χ3v) is 4.98. The Bertz CT molecular complexity index is 949. The molecule has 0 radical (unpaired) electrons. The van der Waals surface area contributed by atoms with Crippen LogP contribution in [-0.2, 0) is 17.1 Å². The number of benzene rings is 1. The summed E-state index contributed by atoms with van der Waals surface area (Å²) in [6, 6.07) is 12.1. The first-order chi connectivity index (χ1) is 11.5. The molecule has 0 saturated heterocycles. The van der Waals surface area contributed by atoms with E-state index in [4.69, 9.17) is 0 Å². The SMILES string of the molecule is CNS(=O)(=O)c1ccc(Nc2nccc(-c3cccn3C)n2)cc1. The number of aromatic nitrogens is 3. The predicted molar refractivity (Wildman–Crippen MR) is 92.4 cm³/mol. The summed E-state index contributed by atoms with van der Waals surface area (Å²) in [5.41, 5.74) is 2.49. The van der Waals surface area contributed by atoms with Crippen molar-refractivity contribution >= 4 is 21.7 Å². The molecule has 2 N–H and O–H groups in total. The molecule has 0 atom stereocenters. The maximum atomic E-state index is 11.7. The van der Waals surface area contributed by atoms with Gasteiger partial charge >= 0.3 is 0 Å². The third kappa shape index (κ3) is 3.29. The summed E-state index contributed by atoms with van der Waals surface area (Å²) in [5, 5.41) is 3.08. The molecular formula is C16H17N5O2S. The van der Waals surface area contributed by atoms with Crippen molar-refractivity contribution in [1.29, 1.82) is 0 Å². The van der Waals surface area contributed by atoms with Gasteiger partial charge in [0.25, 0.3) is 0 Å². The topological polar surface area (TPSA) is 88.9 Å². The number of anilines is 2. The van der Waals surface area contributed by atoms with Crippen molar-refractivity contribution in [2.75, 3.05) is 12.4 Å². The number of rotatable bonds is 5. The van der Waals surface area contributed by atoms with Crippen molar-refractivity contribution in [1.82, 2.24) is 19.3 Å². The fourth-order valence-corrected chi connectivity index (χ4v) is 2.98. The summed E-state index contributed by atoms with van der Waals surface area (Å²) in [6.45, 7) is 0. The standard InChI is InChI=1S/C16H17N5O2S/c1-17-24(22,23)13-7-5-12(6-8-13)19-16-18-10-9-14(20-16)15-4-3-11-21(15)2/h3-11,17H,1-2H3,(H,18,19,20). The number of nitrogens with one attached hydrogen (secondary N) is 2. The second-order valence-electron chi connectivity index (χ2n) is 5.13. The van der Waals surface area contributed by atoms with Crippen LogP contribution < -0.4 is 10.0 Å². The summed E-state index contributed by atoms with van der Waals surface area (Å²) in [7, 11) is -0.111. The lowest BCUT2D eigenvalue weighted by Crippen LogP contribution is -2.18. The van der Waals surface area contributed by atoms with E-state index in [1.807, 2.05) is 36.0 Å². The lowest BCUT2D eigenvalue weighted by Gasteiger charge is -2.08. The summed E-state index contributed by atoms with van der Waals surface area (Å²) in [6.07, 6.45) is 3.63. The predicted octanol–water partition coefficient (Wildman–Crippen LogP) is 2.13. The minimum absolute atomic E-state index is 0.203. The van der Waals surface area contributed by atoms with E-state index in [1.165, 1.54) is 19.2 Å². The van der Waals surface area contributed by atoms with Gasteiger partial charge in [0.05, 0.1) is 16.3 Å². The molecule has 0 aliphatic rings. The monoisotopic (exact) mass is 343 g/mol. The van der Waals surface area contributed by atoms with E-state index < -0.39 is 10.0 Å². The highest BCUT2D eigenvalue weighted by atomic mass is 32.2. The van der Waals surface area contributed by atoms with Crippen molar-refractivity contribution in [2.45, 2.75) is 4.90 Å². The summed E-state index contributed by atoms with van der Waals surface area (Å²) in [5.74, 6) is 0.443. The molecule has 3 aromatic rings. The molecule has 2 heterocycles. The Hall–Kier alpha value is -2.71. The molecule has 0 aliphatic carbocycles. The van der Waals surface area contributed by atoms with Crippen molar-refractivity contribution in [3.63, 3.8) is 0 Å². The first-order valence-corrected chi connectivity index (χ1v) is 8.73. The van der Waals surface area contributed by atoms with Crippen molar-refractivity contribution in [2.24, 2.45) is 7.05 Å². The Balaban J connectivity index is 1.83. The van der Waals surface area contributed by atoms with Gasteiger partial charge in [0.15, 0.2) is 0 Å². The van der Waals surface area contributed by atoms with Crippen LogP contribution in [-0.4, -0.2) is 30.0 Å². The zero-order chi connectivity index (χ0) is 17.2. The second-order valence-corrected chi connectivity index (χ2v) is 7.01. The highest BCUT2D eigenvalue weighted by molar-refractivity contribution is 7.89. The summed E-state index contributed by atoms with van der Waals surface area (Å²) < 4.78 is 27.7. The smallest absolute Gasteiger partial charge is 0.240 e. The van der Waals surface area contributed by atoms with E-state index in [9.17, 15) is 8.42 Å². The van der Waals surface area contributed by atoms with Crippen LogP contribution in [0, 0.1) is 0 Å². The molecule has 0 spiro atoms. The number of aryl methyl sites for hydroxylation is 1. The zero-order valence-electron chi connectivity index (χ0n) is 13.3. The van der Waals surface area contributed by atoms with E-state index in [2.05, 4.69) is 20.0 Å². The molecule has 8 heteroatoms. The van der Waals surface area contributed by atoms with Gasteiger partial charge in [-0.25, -0.2) is 23.1 Å². The van der Waals surface area contributed by atoms with Gasteiger partial charge in [-0.2, -0.15) is 0 Å². The lowest BCUT2D eigenvalue weighted by atomic mass is 10.3. The number of hydrogen-bond acceptors (Lipinski definition) is 5. The van der Waals surface area contributed by atoms with Gasteiger partial charge in [0, 0.05) is 25.1 Å². The fraction of sp³-hybridized carbons (Fsp3) is 0.125. The molecule has 2 aromatic heterocycles. The van der Waals surface area contributed by atoms with Crippen LogP contribution in [0.4, 0.5) is 11.6 Å². The molecule has 3 rings (SSSR count). The molecule has 0 unspecified atom stereocenters. The average molecular weight is 343 g/mol. The molecule has 0 fully saturated rings. The molecule has 124 valence electrons. The van der Waals surface area contributed by atoms with Gasteiger partial charge in [-0.15, -0.1) is 0 Å². The molecule has 0 saturated carbocycles. The van der Waals surface area contributed by atoms with Gasteiger partial charge < -0.3 is 9.88 Å². The maximum absolute atomic E-state index is 11.7. The number of hydrogen-bond donors (Lipinski definition) is 2. The van der Waals surface area contributed by atoms with Crippen LogP contribution in [0.15, 0.2) is 59.8 Å². The Morgan fingerprint density at radius 1 is 1.08 bits per heavy atom. The Morgan fingerprint density at radius 3 is 2.46 bits per heavy atom. The second kappa shape index (κ2) is 6.42. The van der Waals surface area contributed by atoms with E-state index in [0.29, 0.717) is 11.6 Å². The van der Waals surface area contributed by atoms with Gasteiger partial charge in [-0.3, -0.25) is 0 Å². The average Bonchev–Trinajstić information content (AvgIpc) is 3.02. The quantitative estimate of drug-likeness (QED) is 0.741. The molecule has 1 aromatic carbocycles. The van der Waals surface area contributed by atoms with E-state index in [1.54, 1.807) is 18.3 Å². The highest BCUT2D eigenvalue weighted by Gasteiger charge is 2.11. The van der Waals surface area contributed by atoms with Gasteiger partial charge in [-0.1, -0.05) is 0 Å². The van der Waals surface area contributed by atoms with Crippen LogP contribution in [0.1, 0.15) is 0 Å². The molecule has 0 amide bonds. The maximum Gasteiger partial charge on any atom is 0.240 e. The molecule has 0 aliphatic heterocycles. The van der Waals surface area contributed by atoms with E-state index in [0.717, 1.165) is 11.4 Å². The largest absolute Gasteiger partial charge is 0.349 e. The van der Waals surface area contributed by atoms with Crippen LogP contribution in [0.5, 0.6) is 0 Å². The number of sulfonamides is 1. The Labute approximate surface area is 140 Å². The van der Waals surface area contributed by atoms with Crippen LogP contribution in [0.2, 0.25) is 0 Å². The minimum Gasteiger partial charge on any atom is -0.349 e. The normalized spacial score (nSPS) is 11.4. The van der Waals surface area contributed by atoms with Crippen molar-refractivity contribution < 1.29 is 8.42 Å².